The molecule has 0 aliphatic rings. The lowest BCUT2D eigenvalue weighted by molar-refractivity contribution is -0.138. The van der Waals surface area contributed by atoms with E-state index in [9.17, 15) is 4.79 Å². The second-order valence-electron chi connectivity index (χ2n) is 3.56. The number of halogens is 2. The maximum Gasteiger partial charge on any atom is 0.312 e. The van der Waals surface area contributed by atoms with E-state index in [0.717, 1.165) is 20.9 Å². The average molecular weight is 320 g/mol. The molecule has 2 aromatic rings. The summed E-state index contributed by atoms with van der Waals surface area (Å²) in [6.45, 7) is 0.0921. The third kappa shape index (κ3) is 2.62. The number of benzene rings is 1. The van der Waals surface area contributed by atoms with Gasteiger partial charge in [-0.15, -0.1) is 12.4 Å². The van der Waals surface area contributed by atoms with Crippen LogP contribution in [0.3, 0.4) is 0 Å². The molecule has 2 rings (SSSR count). The summed E-state index contributed by atoms with van der Waals surface area (Å²) >= 11 is 3.37. The van der Waals surface area contributed by atoms with Crippen molar-refractivity contribution in [3.8, 4) is 0 Å². The number of aromatic amines is 1. The lowest BCUT2D eigenvalue weighted by Gasteiger charge is -2.08. The summed E-state index contributed by atoms with van der Waals surface area (Å²) in [7, 11) is 0. The first-order valence-corrected chi connectivity index (χ1v) is 5.62. The van der Waals surface area contributed by atoms with Crippen LogP contribution in [0.15, 0.2) is 28.9 Å². The molecule has 4 N–H and O–H groups in total. The predicted octanol–water partition coefficient (Wildman–Crippen LogP) is 2.48. The standard InChI is InChI=1S/C11H11BrN2O2.ClH/c12-6-1-2-10-7(3-6)9(5-14-10)8(4-13)11(15)16;/h1-3,5,8,14H,4,13H2,(H,15,16);1H. The number of hydrogen-bond acceptors (Lipinski definition) is 2. The van der Waals surface area contributed by atoms with Crippen LogP contribution in [0, 0.1) is 0 Å². The highest BCUT2D eigenvalue weighted by Crippen LogP contribution is 2.27. The van der Waals surface area contributed by atoms with Gasteiger partial charge in [0.2, 0.25) is 0 Å². The zero-order valence-corrected chi connectivity index (χ0v) is 11.2. The normalized spacial score (nSPS) is 12.1. The van der Waals surface area contributed by atoms with Gasteiger partial charge in [0.1, 0.15) is 0 Å². The monoisotopic (exact) mass is 318 g/mol. The van der Waals surface area contributed by atoms with Crippen LogP contribution in [-0.4, -0.2) is 22.6 Å². The molecule has 0 radical (unpaired) electrons. The van der Waals surface area contributed by atoms with E-state index in [0.29, 0.717) is 0 Å². The summed E-state index contributed by atoms with van der Waals surface area (Å²) in [5, 5.41) is 9.96. The fourth-order valence-corrected chi connectivity index (χ4v) is 2.12. The minimum Gasteiger partial charge on any atom is -0.481 e. The van der Waals surface area contributed by atoms with Crippen molar-refractivity contribution < 1.29 is 9.90 Å². The van der Waals surface area contributed by atoms with Crippen molar-refractivity contribution >= 4 is 45.2 Å². The number of nitrogens with two attached hydrogens (primary N) is 1. The molecular formula is C11H12BrClN2O2. The predicted molar refractivity (Wildman–Crippen MR) is 72.7 cm³/mol. The zero-order chi connectivity index (χ0) is 11.7. The minimum absolute atomic E-state index is 0. The molecular weight excluding hydrogens is 307 g/mol. The van der Waals surface area contributed by atoms with Crippen LogP contribution >= 0.6 is 28.3 Å². The molecule has 0 saturated heterocycles. The van der Waals surface area contributed by atoms with Crippen LogP contribution in [0.4, 0.5) is 0 Å². The first kappa shape index (κ1) is 14.0. The van der Waals surface area contributed by atoms with E-state index in [4.69, 9.17) is 10.8 Å². The van der Waals surface area contributed by atoms with E-state index in [-0.39, 0.29) is 19.0 Å². The van der Waals surface area contributed by atoms with Gasteiger partial charge in [-0.2, -0.15) is 0 Å². The Bertz CT molecular complexity index is 541. The number of nitrogens with one attached hydrogen (secondary N) is 1. The molecule has 6 heteroatoms. The van der Waals surface area contributed by atoms with Gasteiger partial charge < -0.3 is 15.8 Å². The molecule has 0 bridgehead atoms. The van der Waals surface area contributed by atoms with Crippen molar-refractivity contribution in [1.82, 2.24) is 4.98 Å². The Labute approximate surface area is 113 Å². The Morgan fingerprint density at radius 3 is 2.82 bits per heavy atom. The van der Waals surface area contributed by atoms with Gasteiger partial charge in [-0.05, 0) is 23.8 Å². The van der Waals surface area contributed by atoms with E-state index in [1.165, 1.54) is 0 Å². The van der Waals surface area contributed by atoms with Crippen molar-refractivity contribution in [3.05, 3.63) is 34.4 Å². The number of hydrogen-bond donors (Lipinski definition) is 3. The highest BCUT2D eigenvalue weighted by Gasteiger charge is 2.21. The van der Waals surface area contributed by atoms with Crippen LogP contribution < -0.4 is 5.73 Å². The van der Waals surface area contributed by atoms with Gasteiger partial charge in [0.25, 0.3) is 0 Å². The highest BCUT2D eigenvalue weighted by molar-refractivity contribution is 9.10. The van der Waals surface area contributed by atoms with Gasteiger partial charge in [-0.25, -0.2) is 0 Å². The Kier molecular flexibility index (Phi) is 4.56. The van der Waals surface area contributed by atoms with E-state index in [2.05, 4.69) is 20.9 Å². The number of carboxylic acid groups (broad SMARTS) is 1. The highest BCUT2D eigenvalue weighted by atomic mass is 79.9. The first-order valence-electron chi connectivity index (χ1n) is 4.83. The smallest absolute Gasteiger partial charge is 0.312 e. The van der Waals surface area contributed by atoms with Gasteiger partial charge in [-0.3, -0.25) is 4.79 Å². The fourth-order valence-electron chi connectivity index (χ4n) is 1.76. The average Bonchev–Trinajstić information content (AvgIpc) is 2.62. The summed E-state index contributed by atoms with van der Waals surface area (Å²) in [5.41, 5.74) is 7.13. The number of aromatic nitrogens is 1. The summed E-state index contributed by atoms with van der Waals surface area (Å²) in [6.07, 6.45) is 1.71. The molecule has 1 aromatic carbocycles. The van der Waals surface area contributed by atoms with Gasteiger partial charge in [0, 0.05) is 28.1 Å². The molecule has 4 nitrogen and oxygen atoms in total. The number of carboxylic acids is 1. The van der Waals surface area contributed by atoms with Crippen LogP contribution in [0.25, 0.3) is 10.9 Å². The van der Waals surface area contributed by atoms with Crippen LogP contribution in [0.5, 0.6) is 0 Å². The maximum absolute atomic E-state index is 11.1. The third-order valence-electron chi connectivity index (χ3n) is 2.59. The number of carbonyl (C=O) groups is 1. The second kappa shape index (κ2) is 5.53. The fraction of sp³-hybridized carbons (Fsp3) is 0.182. The Balaban J connectivity index is 0.00000144. The number of H-pyrrole nitrogens is 1. The quantitative estimate of drug-likeness (QED) is 0.813. The second-order valence-corrected chi connectivity index (χ2v) is 4.48. The molecule has 0 saturated carbocycles. The number of aliphatic carboxylic acids is 1. The number of fused-ring (bicyclic) bond motifs is 1. The SMILES string of the molecule is Cl.NCC(C(=O)O)c1c[nH]c2ccc(Br)cc12. The minimum atomic E-state index is -0.900. The van der Waals surface area contributed by atoms with Crippen molar-refractivity contribution in [2.24, 2.45) is 5.73 Å². The molecule has 0 fully saturated rings. The Hall–Kier alpha value is -1.04. The summed E-state index contributed by atoms with van der Waals surface area (Å²) in [6, 6.07) is 5.70. The van der Waals surface area contributed by atoms with Crippen LogP contribution in [0.2, 0.25) is 0 Å². The molecule has 1 unspecified atom stereocenters. The molecule has 17 heavy (non-hydrogen) atoms. The zero-order valence-electron chi connectivity index (χ0n) is 8.81. The Morgan fingerprint density at radius 2 is 2.24 bits per heavy atom. The van der Waals surface area contributed by atoms with Crippen molar-refractivity contribution in [2.75, 3.05) is 6.54 Å². The van der Waals surface area contributed by atoms with Crippen molar-refractivity contribution in [2.45, 2.75) is 5.92 Å². The van der Waals surface area contributed by atoms with Gasteiger partial charge in [0.15, 0.2) is 0 Å². The molecule has 1 heterocycles. The Morgan fingerprint density at radius 1 is 1.53 bits per heavy atom. The third-order valence-corrected chi connectivity index (χ3v) is 3.08. The molecule has 0 aliphatic carbocycles. The lowest BCUT2D eigenvalue weighted by Crippen LogP contribution is -2.20. The lowest BCUT2D eigenvalue weighted by atomic mass is 9.99. The molecule has 92 valence electrons. The number of rotatable bonds is 3. The van der Waals surface area contributed by atoms with Crippen LogP contribution in [-0.2, 0) is 4.79 Å². The van der Waals surface area contributed by atoms with E-state index >= 15 is 0 Å². The van der Waals surface area contributed by atoms with E-state index in [1.54, 1.807) is 6.20 Å². The first-order chi connectivity index (χ1) is 7.63. The van der Waals surface area contributed by atoms with Gasteiger partial charge in [-0.1, -0.05) is 15.9 Å². The van der Waals surface area contributed by atoms with Crippen molar-refractivity contribution in [1.29, 1.82) is 0 Å². The topological polar surface area (TPSA) is 79.1 Å². The van der Waals surface area contributed by atoms with Crippen molar-refractivity contribution in [3.63, 3.8) is 0 Å². The molecule has 0 aliphatic heterocycles. The molecule has 0 spiro atoms. The van der Waals surface area contributed by atoms with E-state index in [1.807, 2.05) is 18.2 Å². The molecule has 0 amide bonds. The summed E-state index contributed by atoms with van der Waals surface area (Å²) < 4.78 is 0.919. The van der Waals surface area contributed by atoms with Crippen LogP contribution in [0.1, 0.15) is 11.5 Å². The van der Waals surface area contributed by atoms with Gasteiger partial charge in [0.05, 0.1) is 5.92 Å². The molecule has 1 aromatic heterocycles. The summed E-state index contributed by atoms with van der Waals surface area (Å²) in [5.74, 6) is -1.56. The molecule has 1 atom stereocenters. The van der Waals surface area contributed by atoms with E-state index < -0.39 is 11.9 Å². The van der Waals surface area contributed by atoms with Gasteiger partial charge >= 0.3 is 5.97 Å². The summed E-state index contributed by atoms with van der Waals surface area (Å²) in [4.78, 5) is 14.1. The largest absolute Gasteiger partial charge is 0.481 e. The maximum atomic E-state index is 11.1.